The van der Waals surface area contributed by atoms with Crippen molar-refractivity contribution in [1.29, 1.82) is 0 Å². The molecule has 0 aliphatic carbocycles. The Hall–Kier alpha value is -1.92. The molecular formula is C17H20N4O2. The highest BCUT2D eigenvalue weighted by Crippen LogP contribution is 2.51. The molecule has 5 heterocycles. The summed E-state index contributed by atoms with van der Waals surface area (Å²) in [6, 6.07) is 9.91. The predicted octanol–water partition coefficient (Wildman–Crippen LogP) is -0.236. The van der Waals surface area contributed by atoms with Crippen molar-refractivity contribution >= 4 is 11.9 Å². The van der Waals surface area contributed by atoms with E-state index in [1.54, 1.807) is 0 Å². The summed E-state index contributed by atoms with van der Waals surface area (Å²) < 4.78 is 0. The second-order valence-corrected chi connectivity index (χ2v) is 7.33. The van der Waals surface area contributed by atoms with Gasteiger partial charge in [0.1, 0.15) is 5.54 Å². The molecule has 1 spiro atoms. The van der Waals surface area contributed by atoms with Crippen LogP contribution < -0.4 is 10.6 Å². The van der Waals surface area contributed by atoms with Gasteiger partial charge in [0.15, 0.2) is 0 Å². The van der Waals surface area contributed by atoms with Gasteiger partial charge in [0.25, 0.3) is 5.91 Å². The second kappa shape index (κ2) is 4.33. The highest BCUT2D eigenvalue weighted by molar-refractivity contribution is 6.08. The lowest BCUT2D eigenvalue weighted by Gasteiger charge is -2.60. The quantitative estimate of drug-likeness (QED) is 0.703. The molecule has 23 heavy (non-hydrogen) atoms. The fourth-order valence-corrected chi connectivity index (χ4v) is 5.42. The molecule has 5 saturated heterocycles. The Bertz CT molecular complexity index is 675. The van der Waals surface area contributed by atoms with Crippen LogP contribution in [0.4, 0.5) is 4.79 Å². The van der Waals surface area contributed by atoms with Crippen molar-refractivity contribution in [1.82, 2.24) is 20.4 Å². The van der Waals surface area contributed by atoms with Crippen LogP contribution in [0.15, 0.2) is 30.3 Å². The van der Waals surface area contributed by atoms with Crippen LogP contribution in [-0.2, 0) is 10.2 Å². The van der Waals surface area contributed by atoms with Crippen LogP contribution in [0.1, 0.15) is 5.56 Å². The van der Waals surface area contributed by atoms with Crippen LogP contribution in [0.25, 0.3) is 0 Å². The number of fused-ring (bicyclic) bond motifs is 1. The van der Waals surface area contributed by atoms with Crippen molar-refractivity contribution in [3.05, 3.63) is 35.9 Å². The van der Waals surface area contributed by atoms with Crippen LogP contribution in [0.3, 0.4) is 0 Å². The number of urea groups is 1. The Morgan fingerprint density at radius 1 is 1.00 bits per heavy atom. The van der Waals surface area contributed by atoms with Crippen molar-refractivity contribution in [2.75, 3.05) is 39.3 Å². The van der Waals surface area contributed by atoms with E-state index in [1.807, 2.05) is 18.2 Å². The Labute approximate surface area is 134 Å². The number of carbonyl (C=O) groups excluding carboxylic acids is 2. The number of nitrogens with zero attached hydrogens (tertiary/aromatic N) is 2. The van der Waals surface area contributed by atoms with E-state index in [0.717, 1.165) is 44.8 Å². The van der Waals surface area contributed by atoms with Gasteiger partial charge in [-0.1, -0.05) is 30.3 Å². The minimum Gasteiger partial charge on any atom is -0.322 e. The topological polar surface area (TPSA) is 64.7 Å². The summed E-state index contributed by atoms with van der Waals surface area (Å²) in [4.78, 5) is 29.9. The lowest BCUT2D eigenvalue weighted by molar-refractivity contribution is -0.137. The number of nitrogens with one attached hydrogen (secondary N) is 2. The first-order valence-electron chi connectivity index (χ1n) is 8.28. The fourth-order valence-electron chi connectivity index (χ4n) is 5.42. The molecule has 0 saturated carbocycles. The SMILES string of the molecule is O=C1NC(=O)C2(N1)C1CN3CCN(C1)CC2(c1ccccc1)C3. The van der Waals surface area contributed by atoms with E-state index in [0.29, 0.717) is 0 Å². The molecule has 2 N–H and O–H groups in total. The smallest absolute Gasteiger partial charge is 0.322 e. The highest BCUT2D eigenvalue weighted by atomic mass is 16.2. The van der Waals surface area contributed by atoms with Crippen LogP contribution in [0, 0.1) is 5.92 Å². The van der Waals surface area contributed by atoms with Crippen molar-refractivity contribution in [2.24, 2.45) is 5.92 Å². The maximum atomic E-state index is 13.0. The van der Waals surface area contributed by atoms with Gasteiger partial charge in [0.2, 0.25) is 0 Å². The molecule has 6 heteroatoms. The van der Waals surface area contributed by atoms with Gasteiger partial charge in [-0.15, -0.1) is 0 Å². The number of rotatable bonds is 1. The zero-order chi connectivity index (χ0) is 15.7. The molecule has 5 aliphatic heterocycles. The lowest BCUT2D eigenvalue weighted by Crippen LogP contribution is -2.79. The molecule has 0 aromatic heterocycles. The second-order valence-electron chi connectivity index (χ2n) is 7.33. The molecule has 6 nitrogen and oxygen atoms in total. The van der Waals surface area contributed by atoms with Gasteiger partial charge < -0.3 is 15.1 Å². The maximum Gasteiger partial charge on any atom is 0.322 e. The molecule has 5 aliphatic rings. The molecule has 1 aromatic carbocycles. The third kappa shape index (κ3) is 1.55. The first-order chi connectivity index (χ1) is 11.1. The number of hydrogen-bond acceptors (Lipinski definition) is 4. The third-order valence-corrected chi connectivity index (χ3v) is 6.27. The predicted molar refractivity (Wildman–Crippen MR) is 83.9 cm³/mol. The summed E-state index contributed by atoms with van der Waals surface area (Å²) in [6.45, 7) is 5.46. The van der Waals surface area contributed by atoms with E-state index in [2.05, 4.69) is 32.6 Å². The monoisotopic (exact) mass is 312 g/mol. The van der Waals surface area contributed by atoms with E-state index >= 15 is 0 Å². The number of amides is 3. The van der Waals surface area contributed by atoms with Gasteiger partial charge in [-0.05, 0) is 5.56 Å². The van der Waals surface area contributed by atoms with Gasteiger partial charge in [0.05, 0.1) is 5.41 Å². The minimum atomic E-state index is -0.817. The average molecular weight is 312 g/mol. The van der Waals surface area contributed by atoms with Crippen molar-refractivity contribution in [3.63, 3.8) is 0 Å². The number of carbonyl (C=O) groups is 2. The molecule has 3 amide bonds. The lowest BCUT2D eigenvalue weighted by atomic mass is 9.55. The zero-order valence-corrected chi connectivity index (χ0v) is 12.9. The zero-order valence-electron chi connectivity index (χ0n) is 12.9. The van der Waals surface area contributed by atoms with E-state index in [9.17, 15) is 9.59 Å². The molecule has 3 unspecified atom stereocenters. The number of piperidine rings is 2. The van der Waals surface area contributed by atoms with Gasteiger partial charge >= 0.3 is 6.03 Å². The number of imide groups is 1. The minimum absolute atomic E-state index is 0.124. The first kappa shape index (κ1) is 13.5. The van der Waals surface area contributed by atoms with E-state index in [1.165, 1.54) is 0 Å². The molecule has 120 valence electrons. The molecule has 4 bridgehead atoms. The van der Waals surface area contributed by atoms with Gasteiger partial charge in [-0.25, -0.2) is 4.79 Å². The van der Waals surface area contributed by atoms with Crippen molar-refractivity contribution in [3.8, 4) is 0 Å². The summed E-state index contributed by atoms with van der Waals surface area (Å²) in [5.74, 6) is -0.0169. The molecular weight excluding hydrogens is 292 g/mol. The Balaban J connectivity index is 1.76. The molecule has 1 aromatic rings. The normalized spacial score (nSPS) is 44.3. The van der Waals surface area contributed by atoms with Crippen molar-refractivity contribution in [2.45, 2.75) is 11.0 Å². The fraction of sp³-hybridized carbons (Fsp3) is 0.529. The van der Waals surface area contributed by atoms with Crippen LogP contribution >= 0.6 is 0 Å². The Morgan fingerprint density at radius 2 is 1.65 bits per heavy atom. The van der Waals surface area contributed by atoms with Gasteiger partial charge in [-0.2, -0.15) is 0 Å². The highest BCUT2D eigenvalue weighted by Gasteiger charge is 2.70. The molecule has 6 rings (SSSR count). The molecule has 5 fully saturated rings. The summed E-state index contributed by atoms with van der Waals surface area (Å²) in [6.07, 6.45) is 0. The average Bonchev–Trinajstić information content (AvgIpc) is 2.69. The van der Waals surface area contributed by atoms with Crippen molar-refractivity contribution < 1.29 is 9.59 Å². The first-order valence-corrected chi connectivity index (χ1v) is 8.28. The summed E-state index contributed by atoms with van der Waals surface area (Å²) >= 11 is 0. The van der Waals surface area contributed by atoms with E-state index in [-0.39, 0.29) is 23.3 Å². The number of hydrogen-bond donors (Lipinski definition) is 2. The Morgan fingerprint density at radius 3 is 2.22 bits per heavy atom. The summed E-state index contributed by atoms with van der Waals surface area (Å²) in [5, 5.41) is 5.60. The maximum absolute atomic E-state index is 13.0. The summed E-state index contributed by atoms with van der Waals surface area (Å²) in [5.41, 5.74) is -0.0519. The molecule has 3 atom stereocenters. The van der Waals surface area contributed by atoms with Gasteiger partial charge in [0, 0.05) is 45.2 Å². The van der Waals surface area contributed by atoms with E-state index in [4.69, 9.17) is 0 Å². The largest absolute Gasteiger partial charge is 0.322 e. The molecule has 0 radical (unpaired) electrons. The summed E-state index contributed by atoms with van der Waals surface area (Å²) in [7, 11) is 0. The van der Waals surface area contributed by atoms with Crippen LogP contribution in [0.5, 0.6) is 0 Å². The van der Waals surface area contributed by atoms with Crippen LogP contribution in [0.2, 0.25) is 0 Å². The Kier molecular flexibility index (Phi) is 2.54. The third-order valence-electron chi connectivity index (χ3n) is 6.27. The van der Waals surface area contributed by atoms with Gasteiger partial charge in [-0.3, -0.25) is 10.1 Å². The number of benzene rings is 1. The standard InChI is InChI=1S/C17H20N4O2/c22-14-17(19-15(23)18-14)13-8-20-6-7-21(9-13)11-16(17,10-20)12-4-2-1-3-5-12/h1-5,13H,6-11H2,(H2,18,19,22,23). The van der Waals surface area contributed by atoms with E-state index < -0.39 is 5.54 Å². The van der Waals surface area contributed by atoms with Crippen LogP contribution in [-0.4, -0.2) is 66.5 Å².